The Bertz CT molecular complexity index is 614. The van der Waals surface area contributed by atoms with Gasteiger partial charge < -0.3 is 5.11 Å². The van der Waals surface area contributed by atoms with Crippen molar-refractivity contribution in [1.29, 1.82) is 0 Å². The number of nitro benzene ring substituents is 1. The Kier molecular flexibility index (Phi) is 4.80. The van der Waals surface area contributed by atoms with E-state index in [1.165, 1.54) is 6.07 Å². The van der Waals surface area contributed by atoms with Crippen LogP contribution in [0.3, 0.4) is 0 Å². The first-order valence-corrected chi connectivity index (χ1v) is 6.82. The molecule has 0 aliphatic rings. The number of rotatable bonds is 6. The Morgan fingerprint density at radius 2 is 2.25 bits per heavy atom. The van der Waals surface area contributed by atoms with Gasteiger partial charge in [0.25, 0.3) is 5.69 Å². The van der Waals surface area contributed by atoms with Crippen molar-refractivity contribution in [2.75, 3.05) is 6.61 Å². The largest absolute Gasteiger partial charge is 0.396 e. The summed E-state index contributed by atoms with van der Waals surface area (Å²) in [5.41, 5.74) is 1.38. The maximum Gasteiger partial charge on any atom is 0.275 e. The highest BCUT2D eigenvalue weighted by Crippen LogP contribution is 2.24. The predicted octanol–water partition coefficient (Wildman–Crippen LogP) is 1.92. The Balaban J connectivity index is 2.17. The van der Waals surface area contributed by atoms with Crippen LogP contribution in [-0.4, -0.2) is 31.6 Å². The third kappa shape index (κ3) is 3.61. The van der Waals surface area contributed by atoms with Crippen LogP contribution in [0.1, 0.15) is 17.7 Å². The van der Waals surface area contributed by atoms with Gasteiger partial charge in [-0.05, 0) is 25.0 Å². The van der Waals surface area contributed by atoms with Crippen LogP contribution in [-0.2, 0) is 13.0 Å². The standard InChI is InChI=1S/C12H13BrN4O3/c13-10-4-3-9(12(6-10)17(19)20)7-16-8-11(14-15-16)2-1-5-18/h3-4,6,8,18H,1-2,5,7H2. The number of halogens is 1. The topological polar surface area (TPSA) is 94.1 Å². The molecule has 8 heteroatoms. The Labute approximate surface area is 123 Å². The minimum atomic E-state index is -0.413. The van der Waals surface area contributed by atoms with Crippen LogP contribution >= 0.6 is 15.9 Å². The summed E-state index contributed by atoms with van der Waals surface area (Å²) in [5, 5.41) is 27.7. The first-order valence-electron chi connectivity index (χ1n) is 6.03. The van der Waals surface area contributed by atoms with E-state index in [0.717, 1.165) is 5.69 Å². The molecule has 0 unspecified atom stereocenters. The summed E-state index contributed by atoms with van der Waals surface area (Å²) in [7, 11) is 0. The molecule has 0 atom stereocenters. The molecule has 0 fully saturated rings. The van der Waals surface area contributed by atoms with E-state index in [2.05, 4.69) is 26.2 Å². The third-order valence-corrected chi connectivity index (χ3v) is 3.25. The number of nitro groups is 1. The van der Waals surface area contributed by atoms with Crippen molar-refractivity contribution in [3.63, 3.8) is 0 Å². The van der Waals surface area contributed by atoms with E-state index in [0.29, 0.717) is 22.9 Å². The van der Waals surface area contributed by atoms with E-state index in [1.54, 1.807) is 23.0 Å². The maximum absolute atomic E-state index is 11.0. The molecule has 0 spiro atoms. The monoisotopic (exact) mass is 340 g/mol. The molecule has 0 radical (unpaired) electrons. The van der Waals surface area contributed by atoms with E-state index in [4.69, 9.17) is 5.11 Å². The van der Waals surface area contributed by atoms with Gasteiger partial charge in [-0.25, -0.2) is 4.68 Å². The Hall–Kier alpha value is -1.80. The quantitative estimate of drug-likeness (QED) is 0.640. The van der Waals surface area contributed by atoms with E-state index in [9.17, 15) is 10.1 Å². The van der Waals surface area contributed by atoms with E-state index < -0.39 is 4.92 Å². The lowest BCUT2D eigenvalue weighted by molar-refractivity contribution is -0.385. The molecule has 2 rings (SSSR count). The summed E-state index contributed by atoms with van der Waals surface area (Å²) >= 11 is 3.22. The summed E-state index contributed by atoms with van der Waals surface area (Å²) in [6.45, 7) is 0.390. The number of nitrogens with zero attached hydrogens (tertiary/aromatic N) is 4. The zero-order chi connectivity index (χ0) is 14.5. The van der Waals surface area contributed by atoms with Crippen molar-refractivity contribution >= 4 is 21.6 Å². The first-order chi connectivity index (χ1) is 9.60. The highest BCUT2D eigenvalue weighted by molar-refractivity contribution is 9.10. The fourth-order valence-electron chi connectivity index (χ4n) is 1.81. The van der Waals surface area contributed by atoms with Crippen molar-refractivity contribution in [1.82, 2.24) is 15.0 Å². The lowest BCUT2D eigenvalue weighted by Gasteiger charge is -2.03. The number of aliphatic hydroxyl groups excluding tert-OH is 1. The van der Waals surface area contributed by atoms with Gasteiger partial charge in [0, 0.05) is 23.3 Å². The average Bonchev–Trinajstić information content (AvgIpc) is 2.86. The maximum atomic E-state index is 11.0. The van der Waals surface area contributed by atoms with Gasteiger partial charge in [0.15, 0.2) is 0 Å². The molecule has 0 saturated carbocycles. The van der Waals surface area contributed by atoms with E-state index in [1.807, 2.05) is 0 Å². The zero-order valence-electron chi connectivity index (χ0n) is 10.6. The molecule has 0 aliphatic carbocycles. The van der Waals surface area contributed by atoms with E-state index >= 15 is 0 Å². The molecule has 1 heterocycles. The summed E-state index contributed by atoms with van der Waals surface area (Å²) in [6, 6.07) is 4.92. The van der Waals surface area contributed by atoms with Gasteiger partial charge in [-0.15, -0.1) is 5.10 Å². The fourth-order valence-corrected chi connectivity index (χ4v) is 2.15. The molecule has 1 aromatic heterocycles. The van der Waals surface area contributed by atoms with Gasteiger partial charge >= 0.3 is 0 Å². The molecular formula is C12H13BrN4O3. The number of aryl methyl sites for hydroxylation is 1. The van der Waals surface area contributed by atoms with Crippen LogP contribution in [0.5, 0.6) is 0 Å². The molecule has 106 valence electrons. The first kappa shape index (κ1) is 14.6. The van der Waals surface area contributed by atoms with Crippen LogP contribution in [0.2, 0.25) is 0 Å². The summed E-state index contributed by atoms with van der Waals surface area (Å²) in [4.78, 5) is 10.6. The van der Waals surface area contributed by atoms with Gasteiger partial charge in [0.2, 0.25) is 0 Å². The minimum absolute atomic E-state index is 0.0479. The van der Waals surface area contributed by atoms with Gasteiger partial charge in [-0.3, -0.25) is 10.1 Å². The van der Waals surface area contributed by atoms with Crippen LogP contribution in [0.4, 0.5) is 5.69 Å². The molecule has 7 nitrogen and oxygen atoms in total. The number of hydrogen-bond donors (Lipinski definition) is 1. The third-order valence-electron chi connectivity index (χ3n) is 2.75. The molecule has 0 aliphatic heterocycles. The van der Waals surface area contributed by atoms with E-state index in [-0.39, 0.29) is 18.8 Å². The molecule has 0 bridgehead atoms. The second-order valence-corrected chi connectivity index (χ2v) is 5.18. The lowest BCUT2D eigenvalue weighted by Crippen LogP contribution is -2.04. The predicted molar refractivity (Wildman–Crippen MR) is 75.3 cm³/mol. The fraction of sp³-hybridized carbons (Fsp3) is 0.333. The highest BCUT2D eigenvalue weighted by atomic mass is 79.9. The average molecular weight is 341 g/mol. The van der Waals surface area contributed by atoms with Crippen molar-refractivity contribution in [3.8, 4) is 0 Å². The second-order valence-electron chi connectivity index (χ2n) is 4.26. The molecular weight excluding hydrogens is 328 g/mol. The van der Waals surface area contributed by atoms with Crippen LogP contribution in [0.25, 0.3) is 0 Å². The number of benzene rings is 1. The molecule has 20 heavy (non-hydrogen) atoms. The van der Waals surface area contributed by atoms with Gasteiger partial charge in [0.1, 0.15) is 0 Å². The lowest BCUT2D eigenvalue weighted by atomic mass is 10.2. The van der Waals surface area contributed by atoms with Crippen molar-refractivity contribution in [3.05, 3.63) is 50.2 Å². The second kappa shape index (κ2) is 6.58. The van der Waals surface area contributed by atoms with Crippen molar-refractivity contribution in [2.45, 2.75) is 19.4 Å². The summed E-state index contributed by atoms with van der Waals surface area (Å²) < 4.78 is 2.22. The van der Waals surface area contributed by atoms with Gasteiger partial charge in [-0.2, -0.15) is 0 Å². The van der Waals surface area contributed by atoms with Crippen LogP contribution in [0, 0.1) is 10.1 Å². The number of aliphatic hydroxyl groups is 1. The molecule has 1 aromatic carbocycles. The SMILES string of the molecule is O=[N+]([O-])c1cc(Br)ccc1Cn1cc(CCCO)nn1. The smallest absolute Gasteiger partial charge is 0.275 e. The Morgan fingerprint density at radius 3 is 2.95 bits per heavy atom. The molecule has 1 N–H and O–H groups in total. The normalized spacial score (nSPS) is 10.7. The number of hydrogen-bond acceptors (Lipinski definition) is 5. The van der Waals surface area contributed by atoms with Crippen LogP contribution < -0.4 is 0 Å². The van der Waals surface area contributed by atoms with Crippen molar-refractivity contribution in [2.24, 2.45) is 0 Å². The molecule has 0 amide bonds. The van der Waals surface area contributed by atoms with Crippen molar-refractivity contribution < 1.29 is 10.0 Å². The zero-order valence-corrected chi connectivity index (χ0v) is 12.2. The van der Waals surface area contributed by atoms with Crippen LogP contribution in [0.15, 0.2) is 28.9 Å². The molecule has 0 saturated heterocycles. The van der Waals surface area contributed by atoms with Gasteiger partial charge in [-0.1, -0.05) is 21.1 Å². The Morgan fingerprint density at radius 1 is 1.45 bits per heavy atom. The summed E-state index contributed by atoms with van der Waals surface area (Å²) in [5.74, 6) is 0. The van der Waals surface area contributed by atoms with Gasteiger partial charge in [0.05, 0.1) is 22.7 Å². The summed E-state index contributed by atoms with van der Waals surface area (Å²) in [6.07, 6.45) is 3.00. The highest BCUT2D eigenvalue weighted by Gasteiger charge is 2.15. The number of aromatic nitrogens is 3. The minimum Gasteiger partial charge on any atom is -0.396 e. The molecule has 2 aromatic rings.